The molecule has 2 unspecified atom stereocenters. The van der Waals surface area contributed by atoms with Gasteiger partial charge in [-0.05, 0) is 68.4 Å². The zero-order valence-corrected chi connectivity index (χ0v) is 28.1. The van der Waals surface area contributed by atoms with E-state index in [1.54, 1.807) is 36.1 Å². The predicted molar refractivity (Wildman–Crippen MR) is 178 cm³/mol. The molecule has 1 fully saturated rings. The van der Waals surface area contributed by atoms with Crippen LogP contribution >= 0.6 is 0 Å². The number of fused-ring (bicyclic) bond motifs is 1. The molecule has 2 atom stereocenters. The van der Waals surface area contributed by atoms with Gasteiger partial charge in [0.1, 0.15) is 22.8 Å². The summed E-state index contributed by atoms with van der Waals surface area (Å²) in [4.78, 5) is 53.0. The number of nitrogens with one attached hydrogen (secondary N) is 1. The van der Waals surface area contributed by atoms with Gasteiger partial charge in [0.2, 0.25) is 17.6 Å². The van der Waals surface area contributed by atoms with Gasteiger partial charge in [0.15, 0.2) is 11.5 Å². The number of benzene rings is 2. The Hall–Kier alpha value is -4.74. The molecule has 0 radical (unpaired) electrons. The van der Waals surface area contributed by atoms with Gasteiger partial charge in [-0.25, -0.2) is 4.79 Å². The number of carbonyl (C=O) groups excluding carboxylic acids is 4. The van der Waals surface area contributed by atoms with E-state index in [9.17, 15) is 29.4 Å². The molecule has 0 aromatic heterocycles. The number of ether oxygens (including phenoxy) is 4. The summed E-state index contributed by atoms with van der Waals surface area (Å²) in [5.74, 6) is -1.99. The average molecular weight is 667 g/mol. The van der Waals surface area contributed by atoms with Gasteiger partial charge in [0.25, 0.3) is 0 Å². The lowest BCUT2D eigenvalue weighted by Gasteiger charge is -2.24. The van der Waals surface area contributed by atoms with E-state index in [0.717, 1.165) is 6.42 Å². The van der Waals surface area contributed by atoms with Crippen molar-refractivity contribution in [1.82, 2.24) is 10.2 Å². The molecule has 0 aliphatic carbocycles. The quantitative estimate of drug-likeness (QED) is 0.299. The summed E-state index contributed by atoms with van der Waals surface area (Å²) < 4.78 is 22.3. The number of hydrogen-bond acceptors (Lipinski definition) is 10. The van der Waals surface area contributed by atoms with E-state index in [0.29, 0.717) is 69.3 Å². The highest BCUT2D eigenvalue weighted by Crippen LogP contribution is 2.47. The number of amides is 2. The molecular weight excluding hydrogens is 620 g/mol. The van der Waals surface area contributed by atoms with Crippen LogP contribution in [-0.2, 0) is 19.1 Å². The van der Waals surface area contributed by atoms with Gasteiger partial charge in [-0.15, -0.1) is 0 Å². The maximum Gasteiger partial charge on any atom is 0.342 e. The van der Waals surface area contributed by atoms with Gasteiger partial charge in [-0.3, -0.25) is 14.4 Å². The Labute approximate surface area is 281 Å². The molecule has 2 aliphatic heterocycles. The minimum absolute atomic E-state index is 0.0444. The van der Waals surface area contributed by atoms with E-state index >= 15 is 0 Å². The molecule has 2 aliphatic rings. The van der Waals surface area contributed by atoms with Gasteiger partial charge < -0.3 is 39.4 Å². The van der Waals surface area contributed by atoms with Gasteiger partial charge in [-0.1, -0.05) is 12.2 Å². The van der Waals surface area contributed by atoms with Crippen LogP contribution in [-0.4, -0.2) is 85.7 Å². The van der Waals surface area contributed by atoms with Crippen molar-refractivity contribution in [3.63, 3.8) is 0 Å². The highest BCUT2D eigenvalue weighted by molar-refractivity contribution is 5.98. The number of aromatic hydroxyl groups is 2. The number of nitrogens with zero attached hydrogens (tertiary/aromatic N) is 1. The zero-order chi connectivity index (χ0) is 34.8. The molecule has 3 N–H and O–H groups in total. The highest BCUT2D eigenvalue weighted by atomic mass is 16.5. The lowest BCUT2D eigenvalue weighted by atomic mass is 9.84. The number of phenols is 2. The van der Waals surface area contributed by atoms with Crippen LogP contribution in [0.5, 0.6) is 28.7 Å². The number of phenolic OH excluding ortho intramolecular Hbond substituents is 2. The van der Waals surface area contributed by atoms with Crippen molar-refractivity contribution in [3.05, 3.63) is 46.5 Å². The minimum atomic E-state index is -0.995. The fraction of sp³-hybridized carbons (Fsp3) is 0.500. The Kier molecular flexibility index (Phi) is 12.7. The molecule has 2 heterocycles. The summed E-state index contributed by atoms with van der Waals surface area (Å²) in [5, 5.41) is 26.2. The van der Waals surface area contributed by atoms with Crippen LogP contribution in [0.15, 0.2) is 24.3 Å². The molecule has 0 spiro atoms. The lowest BCUT2D eigenvalue weighted by Crippen LogP contribution is -2.36. The number of allylic oxidation sites excluding steroid dienone is 1. The number of likely N-dealkylation sites (tertiary alicyclic amines) is 1. The third kappa shape index (κ3) is 8.78. The monoisotopic (exact) mass is 666 g/mol. The van der Waals surface area contributed by atoms with Crippen LogP contribution < -0.4 is 19.5 Å². The molecular formula is C36H46N2O10. The molecule has 0 bridgehead atoms. The summed E-state index contributed by atoms with van der Waals surface area (Å²) in [6, 6.07) is 4.61. The standard InChI is InChI=1S/C36H46N2O10/c1-22-10-8-13-25(39)12-7-5-6-11-23-18-27(40)33(34(43)32(23)36(44)48-22)26(21-30(41)37-15-17-38-16-9-14-31(38)42)24-19-28(45-2)35(47-4)29(20-24)46-3/h6,11,18-20,22,26,40,43H,5,7-10,12-17,21H2,1-4H3,(H,37,41). The molecule has 0 saturated carbocycles. The summed E-state index contributed by atoms with van der Waals surface area (Å²) in [6.45, 7) is 2.94. The van der Waals surface area contributed by atoms with E-state index in [-0.39, 0.29) is 58.6 Å². The first-order valence-corrected chi connectivity index (χ1v) is 16.4. The number of methoxy groups -OCH3 is 3. The molecule has 12 nitrogen and oxygen atoms in total. The van der Waals surface area contributed by atoms with Crippen LogP contribution in [0.1, 0.15) is 97.7 Å². The third-order valence-electron chi connectivity index (χ3n) is 8.75. The summed E-state index contributed by atoms with van der Waals surface area (Å²) in [5.41, 5.74) is 0.461. The second-order valence-electron chi connectivity index (χ2n) is 12.1. The normalized spacial score (nSPS) is 18.0. The van der Waals surface area contributed by atoms with Crippen LogP contribution in [0, 0.1) is 0 Å². The zero-order valence-electron chi connectivity index (χ0n) is 28.1. The van der Waals surface area contributed by atoms with Crippen molar-refractivity contribution in [1.29, 1.82) is 0 Å². The number of Topliss-reactive ketones (excluding diaryl/α,β-unsaturated/α-hetero) is 1. The Balaban J connectivity index is 1.79. The maximum absolute atomic E-state index is 13.7. The van der Waals surface area contributed by atoms with Crippen molar-refractivity contribution in [2.75, 3.05) is 41.0 Å². The van der Waals surface area contributed by atoms with Crippen molar-refractivity contribution in [2.24, 2.45) is 0 Å². The molecule has 2 aromatic carbocycles. The number of cyclic esters (lactones) is 1. The third-order valence-corrected chi connectivity index (χ3v) is 8.75. The predicted octanol–water partition coefficient (Wildman–Crippen LogP) is 4.87. The Bertz CT molecular complexity index is 1510. The highest BCUT2D eigenvalue weighted by Gasteiger charge is 2.32. The SMILES string of the molecule is COc1cc(C(CC(=O)NCCN2CCCC2=O)c2c(O)cc3c(c2O)C(=O)OC(C)CCCC(=O)CCCC=C3)cc(OC)c1OC. The topological polar surface area (TPSA) is 161 Å². The second-order valence-corrected chi connectivity index (χ2v) is 12.1. The van der Waals surface area contributed by atoms with E-state index in [1.165, 1.54) is 27.4 Å². The van der Waals surface area contributed by atoms with Crippen molar-refractivity contribution < 1.29 is 48.3 Å². The molecule has 48 heavy (non-hydrogen) atoms. The van der Waals surface area contributed by atoms with Crippen LogP contribution in [0.3, 0.4) is 0 Å². The van der Waals surface area contributed by atoms with E-state index in [4.69, 9.17) is 18.9 Å². The van der Waals surface area contributed by atoms with Crippen LogP contribution in [0.25, 0.3) is 6.08 Å². The molecule has 2 aromatic rings. The van der Waals surface area contributed by atoms with Crippen molar-refractivity contribution >= 4 is 29.6 Å². The minimum Gasteiger partial charge on any atom is -0.507 e. The van der Waals surface area contributed by atoms with E-state index in [1.807, 2.05) is 0 Å². The number of esters is 1. The van der Waals surface area contributed by atoms with Crippen molar-refractivity contribution in [2.45, 2.75) is 76.7 Å². The second kappa shape index (κ2) is 16.9. The van der Waals surface area contributed by atoms with Gasteiger partial charge >= 0.3 is 5.97 Å². The maximum atomic E-state index is 13.7. The molecule has 2 amide bonds. The Morgan fingerprint density at radius 2 is 1.71 bits per heavy atom. The fourth-order valence-electron chi connectivity index (χ4n) is 6.24. The van der Waals surface area contributed by atoms with Crippen LogP contribution in [0.2, 0.25) is 0 Å². The Morgan fingerprint density at radius 3 is 2.35 bits per heavy atom. The molecule has 260 valence electrons. The first kappa shape index (κ1) is 36.1. The molecule has 1 saturated heterocycles. The first-order valence-electron chi connectivity index (χ1n) is 16.4. The molecule has 12 heteroatoms. The van der Waals surface area contributed by atoms with Crippen LogP contribution in [0.4, 0.5) is 0 Å². The van der Waals surface area contributed by atoms with Gasteiger partial charge in [0.05, 0.1) is 27.4 Å². The first-order chi connectivity index (χ1) is 23.1. The lowest BCUT2D eigenvalue weighted by molar-refractivity contribution is -0.128. The summed E-state index contributed by atoms with van der Waals surface area (Å²) in [7, 11) is 4.35. The number of carbonyl (C=O) groups is 4. The molecule has 4 rings (SSSR count). The van der Waals surface area contributed by atoms with E-state index in [2.05, 4.69) is 5.32 Å². The Morgan fingerprint density at radius 1 is 1.00 bits per heavy atom. The van der Waals surface area contributed by atoms with E-state index < -0.39 is 29.6 Å². The summed E-state index contributed by atoms with van der Waals surface area (Å²) >= 11 is 0. The smallest absolute Gasteiger partial charge is 0.342 e. The number of ketones is 1. The average Bonchev–Trinajstić information content (AvgIpc) is 3.46. The van der Waals surface area contributed by atoms with Gasteiger partial charge in [0, 0.05) is 56.8 Å². The van der Waals surface area contributed by atoms with Crippen molar-refractivity contribution in [3.8, 4) is 28.7 Å². The summed E-state index contributed by atoms with van der Waals surface area (Å²) in [6.07, 6.45) is 6.92. The number of rotatable bonds is 10. The van der Waals surface area contributed by atoms with Gasteiger partial charge in [-0.2, -0.15) is 0 Å². The number of hydrogen-bond donors (Lipinski definition) is 3. The fourth-order valence-corrected chi connectivity index (χ4v) is 6.24. The largest absolute Gasteiger partial charge is 0.507 e.